The quantitative estimate of drug-likeness (QED) is 0.139. The molecule has 0 saturated carbocycles. The molecule has 2 aromatic carbocycles. The zero-order chi connectivity index (χ0) is 32.4. The molecule has 12 nitrogen and oxygen atoms in total. The lowest BCUT2D eigenvalue weighted by Crippen LogP contribution is -2.43. The Kier molecular flexibility index (Phi) is 11.8. The Bertz CT molecular complexity index is 1660. The predicted octanol–water partition coefficient (Wildman–Crippen LogP) is 3.89. The number of terminal acetylenes is 1. The van der Waals surface area contributed by atoms with Crippen LogP contribution in [0.25, 0.3) is 0 Å². The van der Waals surface area contributed by atoms with Crippen molar-refractivity contribution in [1.82, 2.24) is 19.8 Å². The van der Waals surface area contributed by atoms with Crippen LogP contribution in [0.5, 0.6) is 5.75 Å². The van der Waals surface area contributed by atoms with E-state index in [4.69, 9.17) is 39.1 Å². The minimum absolute atomic E-state index is 0.0514. The summed E-state index contributed by atoms with van der Waals surface area (Å²) in [4.78, 5) is 38.1. The Balaban J connectivity index is 1.52. The summed E-state index contributed by atoms with van der Waals surface area (Å²) in [5, 5.41) is 12.8. The van der Waals surface area contributed by atoms with E-state index in [0.717, 1.165) is 12.6 Å². The number of piperidine rings is 1. The first kappa shape index (κ1) is 33.8. The molecule has 1 saturated heterocycles. The summed E-state index contributed by atoms with van der Waals surface area (Å²) < 4.78 is 38.1. The predicted molar refractivity (Wildman–Crippen MR) is 168 cm³/mol. The molecule has 3 aromatic rings. The van der Waals surface area contributed by atoms with Crippen molar-refractivity contribution >= 4 is 56.7 Å². The first-order valence-electron chi connectivity index (χ1n) is 14.0. The number of unbranched alkanes of at least 4 members (excludes halogenated alkanes) is 2. The SMILES string of the molecule is C#CCCCCOC(=O)COc1ccc(S(=O)(=O)n2cc(NC(=O)c3c(Cl)cccc3Cl)c(C(=O)NC3CCNCC3)n2)cc1. The number of benzene rings is 2. The number of nitrogens with zero attached hydrogens (tertiary/aromatic N) is 2. The average molecular weight is 677 g/mol. The molecular weight excluding hydrogens is 645 g/mol. The molecule has 0 bridgehead atoms. The van der Waals surface area contributed by atoms with Crippen molar-refractivity contribution in [1.29, 1.82) is 0 Å². The van der Waals surface area contributed by atoms with Crippen LogP contribution in [-0.2, 0) is 19.6 Å². The fourth-order valence-electron chi connectivity index (χ4n) is 4.37. The van der Waals surface area contributed by atoms with Crippen LogP contribution in [0.1, 0.15) is 53.0 Å². The van der Waals surface area contributed by atoms with Crippen LogP contribution in [-0.4, -0.2) is 67.7 Å². The summed E-state index contributed by atoms with van der Waals surface area (Å²) >= 11 is 12.4. The van der Waals surface area contributed by atoms with Crippen LogP contribution < -0.4 is 20.7 Å². The number of aromatic nitrogens is 2. The second-order valence-electron chi connectivity index (χ2n) is 9.96. The molecule has 4 rings (SSSR count). The number of amides is 2. The van der Waals surface area contributed by atoms with Gasteiger partial charge in [0.05, 0.1) is 39.0 Å². The zero-order valence-electron chi connectivity index (χ0n) is 24.1. The number of esters is 1. The number of ether oxygens (including phenoxy) is 2. The van der Waals surface area contributed by atoms with E-state index in [0.29, 0.717) is 42.9 Å². The molecule has 1 aliphatic rings. The van der Waals surface area contributed by atoms with Crippen molar-refractivity contribution in [3.8, 4) is 18.1 Å². The first-order valence-corrected chi connectivity index (χ1v) is 16.2. The molecule has 0 atom stereocenters. The van der Waals surface area contributed by atoms with Crippen molar-refractivity contribution in [2.24, 2.45) is 0 Å². The summed E-state index contributed by atoms with van der Waals surface area (Å²) in [6.45, 7) is 1.26. The van der Waals surface area contributed by atoms with Crippen LogP contribution >= 0.6 is 23.2 Å². The maximum absolute atomic E-state index is 13.5. The number of rotatable bonds is 13. The molecule has 2 heterocycles. The zero-order valence-corrected chi connectivity index (χ0v) is 26.4. The molecule has 238 valence electrons. The molecule has 45 heavy (non-hydrogen) atoms. The number of carbonyl (C=O) groups excluding carboxylic acids is 3. The lowest BCUT2D eigenvalue weighted by atomic mass is 10.1. The van der Waals surface area contributed by atoms with E-state index in [2.05, 4.69) is 27.0 Å². The Labute approximate surface area is 270 Å². The monoisotopic (exact) mass is 675 g/mol. The van der Waals surface area contributed by atoms with Gasteiger partial charge in [-0.1, -0.05) is 29.3 Å². The molecule has 1 aliphatic heterocycles. The summed E-state index contributed by atoms with van der Waals surface area (Å²) in [7, 11) is -4.34. The van der Waals surface area contributed by atoms with Crippen LogP contribution in [0.15, 0.2) is 53.6 Å². The standard InChI is InChI=1S/C30H31Cl2N5O7S/c1-2-3-4-5-17-43-26(38)19-44-21-9-11-22(12-10-21)45(41,42)37-18-25(35-29(39)27-23(31)7-6-8-24(27)32)28(36-37)30(40)34-20-13-15-33-16-14-20/h1,6-12,18,20,33H,3-5,13-17,19H2,(H,34,40)(H,35,39). The Morgan fingerprint density at radius 2 is 1.73 bits per heavy atom. The van der Waals surface area contributed by atoms with Gasteiger partial charge >= 0.3 is 5.97 Å². The van der Waals surface area contributed by atoms with Gasteiger partial charge in [0.25, 0.3) is 21.8 Å². The Morgan fingerprint density at radius 3 is 2.40 bits per heavy atom. The van der Waals surface area contributed by atoms with Gasteiger partial charge in [-0.05, 0) is 75.2 Å². The average Bonchev–Trinajstić information content (AvgIpc) is 3.45. The third-order valence-corrected chi connectivity index (χ3v) is 8.90. The van der Waals surface area contributed by atoms with Gasteiger partial charge in [0.15, 0.2) is 12.3 Å². The van der Waals surface area contributed by atoms with Crippen LogP contribution in [0.2, 0.25) is 10.0 Å². The summed E-state index contributed by atoms with van der Waals surface area (Å²) in [6, 6.07) is 9.59. The van der Waals surface area contributed by atoms with Crippen molar-refractivity contribution in [3.05, 3.63) is 70.0 Å². The summed E-state index contributed by atoms with van der Waals surface area (Å²) in [5.41, 5.74) is -0.528. The smallest absolute Gasteiger partial charge is 0.344 e. The number of hydrogen-bond donors (Lipinski definition) is 3. The van der Waals surface area contributed by atoms with Gasteiger partial charge in [-0.15, -0.1) is 12.3 Å². The molecule has 15 heteroatoms. The van der Waals surface area contributed by atoms with Crippen LogP contribution in [0, 0.1) is 12.3 Å². The molecule has 3 N–H and O–H groups in total. The van der Waals surface area contributed by atoms with Crippen LogP contribution in [0.4, 0.5) is 5.69 Å². The topological polar surface area (TPSA) is 158 Å². The van der Waals surface area contributed by atoms with Crippen LogP contribution in [0.3, 0.4) is 0 Å². The molecule has 0 aliphatic carbocycles. The second kappa shape index (κ2) is 15.8. The highest BCUT2D eigenvalue weighted by atomic mass is 35.5. The summed E-state index contributed by atoms with van der Waals surface area (Å²) in [6.07, 6.45) is 9.53. The normalized spacial score (nSPS) is 13.4. The van der Waals surface area contributed by atoms with Gasteiger partial charge in [0.2, 0.25) is 0 Å². The number of anilines is 1. The summed E-state index contributed by atoms with van der Waals surface area (Å²) in [5.74, 6) is 0.738. The Morgan fingerprint density at radius 1 is 1.04 bits per heavy atom. The van der Waals surface area contributed by atoms with E-state index in [1.807, 2.05) is 0 Å². The van der Waals surface area contributed by atoms with E-state index < -0.39 is 27.8 Å². The molecule has 1 aromatic heterocycles. The highest BCUT2D eigenvalue weighted by Gasteiger charge is 2.28. The second-order valence-corrected chi connectivity index (χ2v) is 12.6. The third-order valence-electron chi connectivity index (χ3n) is 6.72. The fourth-order valence-corrected chi connectivity index (χ4v) is 6.07. The Hall–Kier alpha value is -4.09. The molecule has 0 spiro atoms. The van der Waals surface area contributed by atoms with Gasteiger partial charge < -0.3 is 25.4 Å². The van der Waals surface area contributed by atoms with Crippen molar-refractivity contribution in [3.63, 3.8) is 0 Å². The van der Waals surface area contributed by atoms with Gasteiger partial charge in [0, 0.05) is 12.5 Å². The number of hydrogen-bond acceptors (Lipinski definition) is 9. The molecule has 0 radical (unpaired) electrons. The van der Waals surface area contributed by atoms with E-state index in [-0.39, 0.29) is 56.9 Å². The molecule has 2 amide bonds. The minimum atomic E-state index is -4.34. The fraction of sp³-hybridized carbons (Fsp3) is 0.333. The first-order chi connectivity index (χ1) is 21.6. The number of carbonyl (C=O) groups is 3. The molecule has 1 fully saturated rings. The van der Waals surface area contributed by atoms with Gasteiger partial charge in [-0.25, -0.2) is 4.79 Å². The van der Waals surface area contributed by atoms with Crippen molar-refractivity contribution in [2.75, 3.05) is 31.6 Å². The van der Waals surface area contributed by atoms with E-state index in [1.165, 1.54) is 36.4 Å². The van der Waals surface area contributed by atoms with Crippen molar-refractivity contribution < 1.29 is 32.3 Å². The third kappa shape index (κ3) is 8.98. The van der Waals surface area contributed by atoms with Gasteiger partial charge in [-0.2, -0.15) is 17.6 Å². The highest BCUT2D eigenvalue weighted by molar-refractivity contribution is 7.89. The van der Waals surface area contributed by atoms with E-state index >= 15 is 0 Å². The maximum Gasteiger partial charge on any atom is 0.344 e. The lowest BCUT2D eigenvalue weighted by Gasteiger charge is -2.23. The largest absolute Gasteiger partial charge is 0.482 e. The van der Waals surface area contributed by atoms with E-state index in [1.54, 1.807) is 6.07 Å². The van der Waals surface area contributed by atoms with Gasteiger partial charge in [-0.3, -0.25) is 9.59 Å². The molecular formula is C30H31Cl2N5O7S. The minimum Gasteiger partial charge on any atom is -0.482 e. The van der Waals surface area contributed by atoms with Gasteiger partial charge in [0.1, 0.15) is 5.75 Å². The maximum atomic E-state index is 13.5. The van der Waals surface area contributed by atoms with Crippen molar-refractivity contribution in [2.45, 2.75) is 43.0 Å². The van der Waals surface area contributed by atoms with E-state index in [9.17, 15) is 22.8 Å². The molecule has 0 unspecified atom stereocenters. The lowest BCUT2D eigenvalue weighted by molar-refractivity contribution is -0.146. The highest BCUT2D eigenvalue weighted by Crippen LogP contribution is 2.27. The number of halogens is 2. The number of nitrogens with one attached hydrogen (secondary N) is 3.